The SMILES string of the molecule is Cc1nscc1C(=O)N1CC(CCC(=O)O)Cc2ccccc21. The maximum Gasteiger partial charge on any atom is 0.303 e. The van der Waals surface area contributed by atoms with Crippen LogP contribution in [0.1, 0.15) is 34.5 Å². The lowest BCUT2D eigenvalue weighted by Gasteiger charge is -2.34. The zero-order valence-electron chi connectivity index (χ0n) is 12.9. The van der Waals surface area contributed by atoms with Crippen LogP contribution >= 0.6 is 11.5 Å². The molecule has 2 aromatic rings. The van der Waals surface area contributed by atoms with Crippen molar-refractivity contribution in [2.75, 3.05) is 11.4 Å². The molecule has 1 unspecified atom stereocenters. The number of fused-ring (bicyclic) bond motifs is 1. The summed E-state index contributed by atoms with van der Waals surface area (Å²) in [5, 5.41) is 10.7. The second-order valence-corrected chi connectivity index (χ2v) is 6.49. The minimum Gasteiger partial charge on any atom is -0.481 e. The summed E-state index contributed by atoms with van der Waals surface area (Å²) in [6, 6.07) is 7.85. The van der Waals surface area contributed by atoms with E-state index in [1.54, 1.807) is 10.3 Å². The van der Waals surface area contributed by atoms with Crippen LogP contribution in [0.15, 0.2) is 29.6 Å². The lowest BCUT2D eigenvalue weighted by Crippen LogP contribution is -2.40. The van der Waals surface area contributed by atoms with Gasteiger partial charge in [-0.05, 0) is 48.8 Å². The van der Waals surface area contributed by atoms with Gasteiger partial charge in [-0.1, -0.05) is 18.2 Å². The molecule has 5 nitrogen and oxygen atoms in total. The van der Waals surface area contributed by atoms with E-state index < -0.39 is 5.97 Å². The summed E-state index contributed by atoms with van der Waals surface area (Å²) in [6.45, 7) is 2.39. The van der Waals surface area contributed by atoms with Gasteiger partial charge in [-0.25, -0.2) is 0 Å². The molecule has 0 bridgehead atoms. The molecule has 0 aliphatic carbocycles. The minimum atomic E-state index is -0.792. The largest absolute Gasteiger partial charge is 0.481 e. The molecule has 1 aliphatic rings. The zero-order valence-corrected chi connectivity index (χ0v) is 13.7. The van der Waals surface area contributed by atoms with Gasteiger partial charge in [0.2, 0.25) is 0 Å². The van der Waals surface area contributed by atoms with E-state index in [2.05, 4.69) is 4.37 Å². The van der Waals surface area contributed by atoms with Gasteiger partial charge in [0.15, 0.2) is 0 Å². The lowest BCUT2D eigenvalue weighted by atomic mass is 9.89. The second kappa shape index (κ2) is 6.50. The molecule has 1 amide bonds. The first kappa shape index (κ1) is 15.7. The molecule has 1 aliphatic heterocycles. The summed E-state index contributed by atoms with van der Waals surface area (Å²) in [7, 11) is 0. The molecule has 1 N–H and O–H groups in total. The number of aryl methyl sites for hydroxylation is 1. The fraction of sp³-hybridized carbons (Fsp3) is 0.353. The van der Waals surface area contributed by atoms with Crippen LogP contribution in [0.25, 0.3) is 0 Å². The Balaban J connectivity index is 1.89. The number of carboxylic acids is 1. The molecule has 0 radical (unpaired) electrons. The standard InChI is InChI=1S/C17H18N2O3S/c1-11-14(10-23-18-11)17(22)19-9-12(6-7-16(20)21)8-13-4-2-3-5-15(13)19/h2-5,10,12H,6-9H2,1H3,(H,20,21). The Kier molecular flexibility index (Phi) is 4.43. The van der Waals surface area contributed by atoms with Crippen LogP contribution in [0.5, 0.6) is 0 Å². The number of hydrogen-bond donors (Lipinski definition) is 1. The summed E-state index contributed by atoms with van der Waals surface area (Å²) in [5.74, 6) is -0.680. The highest BCUT2D eigenvalue weighted by molar-refractivity contribution is 7.04. The van der Waals surface area contributed by atoms with Crippen molar-refractivity contribution in [3.63, 3.8) is 0 Å². The van der Waals surface area contributed by atoms with Gasteiger partial charge < -0.3 is 10.0 Å². The maximum atomic E-state index is 12.9. The molecule has 1 aromatic heterocycles. The van der Waals surface area contributed by atoms with Crippen molar-refractivity contribution >= 4 is 29.1 Å². The van der Waals surface area contributed by atoms with Gasteiger partial charge in [0.05, 0.1) is 11.3 Å². The van der Waals surface area contributed by atoms with E-state index in [1.165, 1.54) is 11.5 Å². The van der Waals surface area contributed by atoms with Crippen LogP contribution in [0.4, 0.5) is 5.69 Å². The summed E-state index contributed by atoms with van der Waals surface area (Å²) in [6.07, 6.45) is 1.52. The predicted octanol–water partition coefficient (Wildman–Crippen LogP) is 3.14. The van der Waals surface area contributed by atoms with Crippen LogP contribution < -0.4 is 4.90 Å². The van der Waals surface area contributed by atoms with Gasteiger partial charge in [-0.3, -0.25) is 9.59 Å². The van der Waals surface area contributed by atoms with Gasteiger partial charge in [0.1, 0.15) is 0 Å². The van der Waals surface area contributed by atoms with Crippen LogP contribution in [-0.2, 0) is 11.2 Å². The first-order chi connectivity index (χ1) is 11.1. The monoisotopic (exact) mass is 330 g/mol. The first-order valence-electron chi connectivity index (χ1n) is 7.59. The van der Waals surface area contributed by atoms with E-state index in [0.29, 0.717) is 18.5 Å². The maximum absolute atomic E-state index is 12.9. The number of hydrogen-bond acceptors (Lipinski definition) is 4. The highest BCUT2D eigenvalue weighted by Gasteiger charge is 2.30. The van der Waals surface area contributed by atoms with E-state index in [4.69, 9.17) is 5.11 Å². The van der Waals surface area contributed by atoms with E-state index >= 15 is 0 Å². The molecule has 1 aromatic carbocycles. The van der Waals surface area contributed by atoms with Crippen LogP contribution in [0.2, 0.25) is 0 Å². The third-order valence-corrected chi connectivity index (χ3v) is 4.94. The van der Waals surface area contributed by atoms with Gasteiger partial charge in [-0.15, -0.1) is 0 Å². The van der Waals surface area contributed by atoms with Gasteiger partial charge in [0.25, 0.3) is 5.91 Å². The van der Waals surface area contributed by atoms with Crippen molar-refractivity contribution in [3.8, 4) is 0 Å². The average Bonchev–Trinajstić information content (AvgIpc) is 2.97. The van der Waals surface area contributed by atoms with Crippen molar-refractivity contribution in [2.45, 2.75) is 26.2 Å². The molecule has 0 fully saturated rings. The summed E-state index contributed by atoms with van der Waals surface area (Å²) in [5.41, 5.74) is 3.40. The van der Waals surface area contributed by atoms with Crippen molar-refractivity contribution in [3.05, 3.63) is 46.5 Å². The topological polar surface area (TPSA) is 70.5 Å². The van der Waals surface area contributed by atoms with Crippen molar-refractivity contribution in [1.82, 2.24) is 4.37 Å². The summed E-state index contributed by atoms with van der Waals surface area (Å²) >= 11 is 1.28. The normalized spacial score (nSPS) is 16.9. The molecule has 3 rings (SSSR count). The summed E-state index contributed by atoms with van der Waals surface area (Å²) < 4.78 is 4.18. The number of rotatable bonds is 4. The van der Waals surface area contributed by atoms with Crippen LogP contribution in [-0.4, -0.2) is 27.9 Å². The highest BCUT2D eigenvalue weighted by Crippen LogP contribution is 2.33. The van der Waals surface area contributed by atoms with Crippen LogP contribution in [0.3, 0.4) is 0 Å². The number of anilines is 1. The highest BCUT2D eigenvalue weighted by atomic mass is 32.1. The fourth-order valence-electron chi connectivity index (χ4n) is 3.04. The number of carboxylic acid groups (broad SMARTS) is 1. The zero-order chi connectivity index (χ0) is 16.4. The number of benzene rings is 1. The number of nitrogens with zero attached hydrogens (tertiary/aromatic N) is 2. The number of amides is 1. The second-order valence-electron chi connectivity index (χ2n) is 5.86. The Labute approximate surface area is 138 Å². The molecular weight excluding hydrogens is 312 g/mol. The van der Waals surface area contributed by atoms with Gasteiger partial charge in [-0.2, -0.15) is 4.37 Å². The van der Waals surface area contributed by atoms with E-state index in [9.17, 15) is 9.59 Å². The Morgan fingerprint density at radius 2 is 2.17 bits per heavy atom. The van der Waals surface area contributed by atoms with E-state index in [0.717, 1.165) is 23.4 Å². The van der Waals surface area contributed by atoms with Crippen molar-refractivity contribution in [2.24, 2.45) is 5.92 Å². The van der Waals surface area contributed by atoms with Crippen LogP contribution in [0, 0.1) is 12.8 Å². The van der Waals surface area contributed by atoms with E-state index in [1.807, 2.05) is 31.2 Å². The van der Waals surface area contributed by atoms with E-state index in [-0.39, 0.29) is 18.2 Å². The third-order valence-electron chi connectivity index (χ3n) is 4.22. The Hall–Kier alpha value is -2.21. The Morgan fingerprint density at radius 1 is 1.39 bits per heavy atom. The van der Waals surface area contributed by atoms with Crippen molar-refractivity contribution in [1.29, 1.82) is 0 Å². The van der Waals surface area contributed by atoms with Crippen molar-refractivity contribution < 1.29 is 14.7 Å². The lowest BCUT2D eigenvalue weighted by molar-refractivity contribution is -0.137. The molecule has 0 spiro atoms. The molecular formula is C17H18N2O3S. The fourth-order valence-corrected chi connectivity index (χ4v) is 3.72. The number of aliphatic carboxylic acids is 1. The molecule has 23 heavy (non-hydrogen) atoms. The Bertz CT molecular complexity index is 741. The number of para-hydroxylation sites is 1. The molecule has 6 heteroatoms. The molecule has 2 heterocycles. The molecule has 1 atom stereocenters. The predicted molar refractivity (Wildman–Crippen MR) is 89.0 cm³/mol. The molecule has 0 saturated carbocycles. The third kappa shape index (κ3) is 3.27. The number of aromatic nitrogens is 1. The van der Waals surface area contributed by atoms with Gasteiger partial charge >= 0.3 is 5.97 Å². The smallest absolute Gasteiger partial charge is 0.303 e. The molecule has 0 saturated heterocycles. The first-order valence-corrected chi connectivity index (χ1v) is 8.42. The Morgan fingerprint density at radius 3 is 2.87 bits per heavy atom. The van der Waals surface area contributed by atoms with Gasteiger partial charge in [0, 0.05) is 24.0 Å². The average molecular weight is 330 g/mol. The quantitative estimate of drug-likeness (QED) is 0.935. The summed E-state index contributed by atoms with van der Waals surface area (Å²) in [4.78, 5) is 25.5. The molecule has 120 valence electrons. The number of carbonyl (C=O) groups excluding carboxylic acids is 1. The minimum absolute atomic E-state index is 0.0521. The number of carbonyl (C=O) groups is 2.